The number of imidazole rings is 1. The van der Waals surface area contributed by atoms with E-state index in [2.05, 4.69) is 140 Å². The molecule has 0 radical (unpaired) electrons. The first kappa shape index (κ1) is 21.0. The van der Waals surface area contributed by atoms with Crippen LogP contribution in [0.4, 0.5) is 0 Å². The highest BCUT2D eigenvalue weighted by molar-refractivity contribution is 5.78. The molecule has 2 heteroatoms. The first-order valence-corrected chi connectivity index (χ1v) is 11.4. The highest BCUT2D eigenvalue weighted by Gasteiger charge is 2.28. The summed E-state index contributed by atoms with van der Waals surface area (Å²) in [6.45, 7) is 8.66. The molecule has 0 unspecified atom stereocenters. The van der Waals surface area contributed by atoms with Crippen molar-refractivity contribution >= 4 is 0 Å². The van der Waals surface area contributed by atoms with Crippen LogP contribution in [-0.2, 0) is 0 Å². The molecule has 4 aromatic carbocycles. The summed E-state index contributed by atoms with van der Waals surface area (Å²) in [6.07, 6.45) is 2.24. The predicted octanol–water partition coefficient (Wildman–Crippen LogP) is 7.32. The fourth-order valence-electron chi connectivity index (χ4n) is 4.77. The lowest BCUT2D eigenvalue weighted by Gasteiger charge is -2.08. The van der Waals surface area contributed by atoms with E-state index in [1.807, 2.05) is 0 Å². The van der Waals surface area contributed by atoms with E-state index >= 15 is 0 Å². The lowest BCUT2D eigenvalue weighted by molar-refractivity contribution is -0.583. The van der Waals surface area contributed by atoms with Gasteiger partial charge in [0.1, 0.15) is 11.4 Å². The van der Waals surface area contributed by atoms with Crippen LogP contribution < -0.4 is 4.57 Å². The summed E-state index contributed by atoms with van der Waals surface area (Å²) in [5, 5.41) is 0. The lowest BCUT2D eigenvalue weighted by Crippen LogP contribution is -2.31. The highest BCUT2D eigenvalue weighted by atomic mass is 15.2. The van der Waals surface area contributed by atoms with Crippen LogP contribution in [0.2, 0.25) is 0 Å². The molecule has 0 aliphatic rings. The second-order valence-corrected chi connectivity index (χ2v) is 8.98. The maximum Gasteiger partial charge on any atom is 0.255 e. The average Bonchev–Trinajstić information content (AvgIpc) is 3.20. The number of hydrogen-bond donors (Lipinski definition) is 0. The Balaban J connectivity index is 1.91. The van der Waals surface area contributed by atoms with Crippen LogP contribution in [0.3, 0.4) is 0 Å². The molecule has 33 heavy (non-hydrogen) atoms. The summed E-state index contributed by atoms with van der Waals surface area (Å²) in [6, 6.07) is 34.9. The van der Waals surface area contributed by atoms with E-state index < -0.39 is 0 Å². The molecule has 1 heterocycles. The third kappa shape index (κ3) is 4.12. The predicted molar refractivity (Wildman–Crippen MR) is 137 cm³/mol. The van der Waals surface area contributed by atoms with E-state index in [0.29, 0.717) is 0 Å². The quantitative estimate of drug-likeness (QED) is 0.265. The van der Waals surface area contributed by atoms with Gasteiger partial charge in [0.25, 0.3) is 6.33 Å². The first-order valence-electron chi connectivity index (χ1n) is 11.4. The molecular weight excluding hydrogens is 400 g/mol. The van der Waals surface area contributed by atoms with E-state index in [1.54, 1.807) is 0 Å². The van der Waals surface area contributed by atoms with Crippen molar-refractivity contribution in [3.05, 3.63) is 126 Å². The van der Waals surface area contributed by atoms with Gasteiger partial charge in [-0.25, -0.2) is 0 Å². The zero-order chi connectivity index (χ0) is 22.9. The van der Waals surface area contributed by atoms with Crippen LogP contribution in [0.5, 0.6) is 0 Å². The summed E-state index contributed by atoms with van der Waals surface area (Å²) in [7, 11) is 0. The Hall–Kier alpha value is -3.91. The maximum atomic E-state index is 2.34. The molecule has 1 aromatic heterocycles. The fourth-order valence-corrected chi connectivity index (χ4v) is 4.77. The zero-order valence-electron chi connectivity index (χ0n) is 19.7. The second kappa shape index (κ2) is 8.55. The summed E-state index contributed by atoms with van der Waals surface area (Å²) in [5.41, 5.74) is 12.1. The van der Waals surface area contributed by atoms with Crippen LogP contribution >= 0.6 is 0 Å². The van der Waals surface area contributed by atoms with Crippen molar-refractivity contribution in [2.24, 2.45) is 0 Å². The van der Waals surface area contributed by atoms with Gasteiger partial charge in [-0.05, 0) is 74.2 Å². The van der Waals surface area contributed by atoms with Crippen molar-refractivity contribution in [1.82, 2.24) is 4.57 Å². The minimum Gasteiger partial charge on any atom is -0.194 e. The van der Waals surface area contributed by atoms with Gasteiger partial charge in [0.05, 0.1) is 0 Å². The van der Waals surface area contributed by atoms with Gasteiger partial charge in [0.15, 0.2) is 11.4 Å². The van der Waals surface area contributed by atoms with E-state index in [0.717, 1.165) is 0 Å². The molecule has 0 N–H and O–H groups in total. The molecule has 0 spiro atoms. The summed E-state index contributed by atoms with van der Waals surface area (Å²) in [5.74, 6) is 0. The molecule has 0 bridgehead atoms. The Bertz CT molecular complexity index is 1280. The molecule has 0 saturated carbocycles. The van der Waals surface area contributed by atoms with E-state index in [9.17, 15) is 0 Å². The minimum absolute atomic E-state index is 1.17. The molecule has 162 valence electrons. The summed E-state index contributed by atoms with van der Waals surface area (Å²) < 4.78 is 4.69. The van der Waals surface area contributed by atoms with E-state index in [-0.39, 0.29) is 0 Å². The van der Waals surface area contributed by atoms with Crippen LogP contribution in [0.1, 0.15) is 22.3 Å². The van der Waals surface area contributed by atoms with Crippen molar-refractivity contribution in [2.45, 2.75) is 27.7 Å². The van der Waals surface area contributed by atoms with Gasteiger partial charge < -0.3 is 0 Å². The van der Waals surface area contributed by atoms with Crippen LogP contribution in [0, 0.1) is 27.7 Å². The van der Waals surface area contributed by atoms with Crippen molar-refractivity contribution in [3.63, 3.8) is 0 Å². The Morgan fingerprint density at radius 1 is 0.545 bits per heavy atom. The molecule has 0 fully saturated rings. The second-order valence-electron chi connectivity index (χ2n) is 8.98. The van der Waals surface area contributed by atoms with Crippen LogP contribution in [0.25, 0.3) is 33.9 Å². The fraction of sp³-hybridized carbons (Fsp3) is 0.129. The van der Waals surface area contributed by atoms with E-state index in [1.165, 1.54) is 56.1 Å². The third-order valence-electron chi connectivity index (χ3n) is 6.00. The van der Waals surface area contributed by atoms with Crippen molar-refractivity contribution in [2.75, 3.05) is 0 Å². The van der Waals surface area contributed by atoms with E-state index in [4.69, 9.17) is 0 Å². The van der Waals surface area contributed by atoms with Crippen molar-refractivity contribution in [3.8, 4) is 33.9 Å². The number of aromatic nitrogens is 2. The van der Waals surface area contributed by atoms with Gasteiger partial charge in [-0.1, -0.05) is 72.8 Å². The molecule has 5 aromatic rings. The number of nitrogens with zero attached hydrogens (tertiary/aromatic N) is 2. The molecule has 0 saturated heterocycles. The Kier molecular flexibility index (Phi) is 5.43. The number of benzene rings is 4. The largest absolute Gasteiger partial charge is 0.255 e. The molecule has 0 aliphatic heterocycles. The van der Waals surface area contributed by atoms with Gasteiger partial charge in [-0.3, -0.25) is 0 Å². The normalized spacial score (nSPS) is 11.0. The smallest absolute Gasteiger partial charge is 0.194 e. The summed E-state index contributed by atoms with van der Waals surface area (Å²) in [4.78, 5) is 0. The number of aryl methyl sites for hydroxylation is 4. The number of rotatable bonds is 4. The Morgan fingerprint density at radius 3 is 1.58 bits per heavy atom. The van der Waals surface area contributed by atoms with Crippen LogP contribution in [0.15, 0.2) is 103 Å². The monoisotopic (exact) mass is 429 g/mol. The van der Waals surface area contributed by atoms with Gasteiger partial charge >= 0.3 is 0 Å². The minimum atomic E-state index is 1.17. The highest BCUT2D eigenvalue weighted by Crippen LogP contribution is 2.34. The Labute approximate surface area is 196 Å². The topological polar surface area (TPSA) is 8.81 Å². The zero-order valence-corrected chi connectivity index (χ0v) is 19.7. The van der Waals surface area contributed by atoms with Crippen LogP contribution in [-0.4, -0.2) is 4.57 Å². The average molecular weight is 430 g/mol. The lowest BCUT2D eigenvalue weighted by atomic mass is 10.0. The van der Waals surface area contributed by atoms with Gasteiger partial charge in [-0.15, -0.1) is 0 Å². The maximum absolute atomic E-state index is 2.34. The summed E-state index contributed by atoms with van der Waals surface area (Å²) >= 11 is 0. The molecular formula is C31H29N2+. The Morgan fingerprint density at radius 2 is 1.03 bits per heavy atom. The third-order valence-corrected chi connectivity index (χ3v) is 6.00. The number of hydrogen-bond acceptors (Lipinski definition) is 0. The molecule has 0 aliphatic carbocycles. The van der Waals surface area contributed by atoms with Gasteiger partial charge in [0, 0.05) is 11.1 Å². The van der Waals surface area contributed by atoms with Gasteiger partial charge in [0.2, 0.25) is 0 Å². The van der Waals surface area contributed by atoms with Crippen molar-refractivity contribution < 1.29 is 4.57 Å². The molecule has 0 atom stereocenters. The first-order chi connectivity index (χ1) is 16.0. The SMILES string of the molecule is Cc1cc(C)cc(-n2c[n+](-c3cc(C)cc(C)c3)c(-c3ccccc3)c2-c2ccccc2)c1. The van der Waals surface area contributed by atoms with Crippen molar-refractivity contribution in [1.29, 1.82) is 0 Å². The molecule has 5 rings (SSSR count). The van der Waals surface area contributed by atoms with Gasteiger partial charge in [-0.2, -0.15) is 9.13 Å². The standard InChI is InChI=1S/C31H29N2/c1-22-15-23(2)18-28(17-22)32-21-33(29-19-24(3)16-25(4)20-29)31(27-13-9-6-10-14-27)30(32)26-11-7-5-8-12-26/h5-21H,1-4H3/q+1. The molecule has 2 nitrogen and oxygen atoms in total. The molecule has 0 amide bonds.